The Balaban J connectivity index is 1.55. The zero-order chi connectivity index (χ0) is 25.1. The maximum Gasteiger partial charge on any atom is 0.294 e. The first-order chi connectivity index (χ1) is 16.8. The van der Waals surface area contributed by atoms with Crippen molar-refractivity contribution in [2.75, 3.05) is 47.4 Å². The molecule has 0 N–H and O–H groups in total. The fraction of sp³-hybridized carbons (Fsp3) is 0.346. The minimum Gasteiger partial charge on any atom is -0.496 e. The van der Waals surface area contributed by atoms with E-state index in [1.807, 2.05) is 0 Å². The summed E-state index contributed by atoms with van der Waals surface area (Å²) in [7, 11) is 4.58. The molecule has 9 heteroatoms. The number of thiophene rings is 1. The number of methoxy groups -OCH3 is 1. The number of halogens is 1. The molecule has 0 atom stereocenters. The number of ether oxygens (including phenoxy) is 1. The fourth-order valence-corrected chi connectivity index (χ4v) is 5.19. The second-order valence-corrected chi connectivity index (χ2v) is 9.69. The third kappa shape index (κ3) is 5.36. The molecule has 7 nitrogen and oxygen atoms in total. The van der Waals surface area contributed by atoms with Crippen molar-refractivity contribution in [3.8, 4) is 5.75 Å². The number of likely N-dealkylation sites (N-methyl/N-ethyl adjacent to an activating group) is 1. The zero-order valence-corrected chi connectivity index (χ0v) is 20.9. The Morgan fingerprint density at radius 1 is 1.03 bits per heavy atom. The smallest absolute Gasteiger partial charge is 0.294 e. The Kier molecular flexibility index (Phi) is 7.47. The summed E-state index contributed by atoms with van der Waals surface area (Å²) in [5.41, 5.74) is 1.69. The molecule has 0 aliphatic carbocycles. The number of carbonyl (C=O) groups is 3. The van der Waals surface area contributed by atoms with E-state index in [4.69, 9.17) is 4.74 Å². The number of nitrogens with zero attached hydrogens (tertiary/aromatic N) is 3. The highest BCUT2D eigenvalue weighted by atomic mass is 32.1. The topological polar surface area (TPSA) is 70.2 Å². The maximum atomic E-state index is 13.6. The van der Waals surface area contributed by atoms with Gasteiger partial charge in [-0.2, -0.15) is 0 Å². The normalized spacial score (nSPS) is 14.6. The van der Waals surface area contributed by atoms with Gasteiger partial charge in [0.05, 0.1) is 12.7 Å². The van der Waals surface area contributed by atoms with Gasteiger partial charge < -0.3 is 14.5 Å². The molecular weight excluding hydrogens is 469 g/mol. The highest BCUT2D eigenvalue weighted by Gasteiger charge is 2.26. The van der Waals surface area contributed by atoms with Crippen LogP contribution in [0.1, 0.15) is 32.7 Å². The largest absolute Gasteiger partial charge is 0.496 e. The van der Waals surface area contributed by atoms with Gasteiger partial charge in [0.25, 0.3) is 17.6 Å². The summed E-state index contributed by atoms with van der Waals surface area (Å²) >= 11 is 1.34. The monoisotopic (exact) mass is 497 g/mol. The minimum atomic E-state index is -0.609. The van der Waals surface area contributed by atoms with Crippen molar-refractivity contribution in [2.45, 2.75) is 13.0 Å². The summed E-state index contributed by atoms with van der Waals surface area (Å²) in [6.45, 7) is 3.34. The fourth-order valence-electron chi connectivity index (χ4n) is 4.24. The summed E-state index contributed by atoms with van der Waals surface area (Å²) in [4.78, 5) is 43.8. The second-order valence-electron chi connectivity index (χ2n) is 8.78. The van der Waals surface area contributed by atoms with Crippen LogP contribution in [0.2, 0.25) is 0 Å². The minimum absolute atomic E-state index is 0.170. The average molecular weight is 498 g/mol. The van der Waals surface area contributed by atoms with Crippen LogP contribution in [-0.2, 0) is 11.3 Å². The Morgan fingerprint density at radius 3 is 2.46 bits per heavy atom. The van der Waals surface area contributed by atoms with Gasteiger partial charge in [-0.1, -0.05) is 12.1 Å². The Bertz CT molecular complexity index is 1260. The Hall–Kier alpha value is -3.30. The van der Waals surface area contributed by atoms with Gasteiger partial charge in [0.1, 0.15) is 11.6 Å². The predicted octanol–water partition coefficient (Wildman–Crippen LogP) is 3.67. The van der Waals surface area contributed by atoms with E-state index in [1.165, 1.54) is 49.6 Å². The van der Waals surface area contributed by atoms with E-state index < -0.39 is 11.7 Å². The summed E-state index contributed by atoms with van der Waals surface area (Å²) in [5.74, 6) is -1.20. The SMILES string of the molecule is COc1cc2scc(C(=O)C(=O)N(C)C)c2cc1C(=O)N1CCCN(Cc2ccc(F)cc2)CC1. The lowest BCUT2D eigenvalue weighted by molar-refractivity contribution is -0.124. The number of hydrogen-bond acceptors (Lipinski definition) is 6. The summed E-state index contributed by atoms with van der Waals surface area (Å²) in [6.07, 6.45) is 0.803. The molecule has 1 saturated heterocycles. The van der Waals surface area contributed by atoms with Crippen LogP contribution in [0.5, 0.6) is 5.75 Å². The molecule has 1 fully saturated rings. The number of benzene rings is 2. The standard InChI is InChI=1S/C26H28FN3O4S/c1-28(2)26(33)24(31)21-16-35-23-14-22(34-3)20(13-19(21)23)25(32)30-10-4-9-29(11-12-30)15-17-5-7-18(27)8-6-17/h5-8,13-14,16H,4,9-12,15H2,1-3H3. The first-order valence-corrected chi connectivity index (χ1v) is 12.3. The zero-order valence-electron chi connectivity index (χ0n) is 20.0. The van der Waals surface area contributed by atoms with Gasteiger partial charge in [-0.15, -0.1) is 11.3 Å². The molecule has 35 heavy (non-hydrogen) atoms. The molecule has 0 saturated carbocycles. The summed E-state index contributed by atoms with van der Waals surface area (Å²) < 4.78 is 19.5. The highest BCUT2D eigenvalue weighted by Crippen LogP contribution is 2.34. The van der Waals surface area contributed by atoms with Crippen molar-refractivity contribution in [1.82, 2.24) is 14.7 Å². The predicted molar refractivity (Wildman–Crippen MR) is 134 cm³/mol. The van der Waals surface area contributed by atoms with E-state index in [1.54, 1.807) is 34.5 Å². The van der Waals surface area contributed by atoms with Crippen molar-refractivity contribution >= 4 is 39.0 Å². The van der Waals surface area contributed by atoms with Crippen molar-refractivity contribution < 1.29 is 23.5 Å². The molecule has 184 valence electrons. The molecule has 0 bridgehead atoms. The van der Waals surface area contributed by atoms with Crippen LogP contribution in [0.25, 0.3) is 10.1 Å². The van der Waals surface area contributed by atoms with Gasteiger partial charge in [-0.3, -0.25) is 19.3 Å². The Labute approximate surface area is 207 Å². The molecule has 2 amide bonds. The number of hydrogen-bond donors (Lipinski definition) is 0. The molecule has 1 aliphatic heterocycles. The van der Waals surface area contributed by atoms with Crippen LogP contribution in [0.15, 0.2) is 41.8 Å². The third-order valence-electron chi connectivity index (χ3n) is 6.17. The van der Waals surface area contributed by atoms with Crippen LogP contribution in [0, 0.1) is 5.82 Å². The lowest BCUT2D eigenvalue weighted by atomic mass is 10.0. The molecule has 0 radical (unpaired) electrons. The van der Waals surface area contributed by atoms with Crippen LogP contribution in [0.3, 0.4) is 0 Å². The van der Waals surface area contributed by atoms with Crippen molar-refractivity contribution in [1.29, 1.82) is 0 Å². The number of ketones is 1. The van der Waals surface area contributed by atoms with Gasteiger partial charge in [-0.25, -0.2) is 4.39 Å². The van der Waals surface area contributed by atoms with Crippen LogP contribution in [0.4, 0.5) is 4.39 Å². The molecule has 2 aromatic carbocycles. The average Bonchev–Trinajstić information content (AvgIpc) is 3.13. The van der Waals surface area contributed by atoms with Crippen molar-refractivity contribution in [2.24, 2.45) is 0 Å². The van der Waals surface area contributed by atoms with Crippen LogP contribution < -0.4 is 4.74 Å². The van der Waals surface area contributed by atoms with E-state index in [-0.39, 0.29) is 11.7 Å². The van der Waals surface area contributed by atoms with Gasteiger partial charge in [-0.05, 0) is 36.2 Å². The number of carbonyl (C=O) groups excluding carboxylic acids is 3. The number of rotatable bonds is 6. The van der Waals surface area contributed by atoms with Gasteiger partial charge in [0, 0.05) is 67.8 Å². The van der Waals surface area contributed by atoms with Gasteiger partial charge in [0.15, 0.2) is 0 Å². The van der Waals surface area contributed by atoms with Crippen molar-refractivity contribution in [3.63, 3.8) is 0 Å². The molecule has 3 aromatic rings. The second kappa shape index (κ2) is 10.5. The molecule has 2 heterocycles. The molecular formula is C26H28FN3O4S. The molecule has 1 aromatic heterocycles. The number of amides is 2. The molecule has 0 unspecified atom stereocenters. The van der Waals surface area contributed by atoms with E-state index in [2.05, 4.69) is 4.90 Å². The number of Topliss-reactive ketones (excluding diaryl/α,β-unsaturated/α-hetero) is 1. The lowest BCUT2D eigenvalue weighted by Gasteiger charge is -2.23. The quantitative estimate of drug-likeness (QED) is 0.384. The van der Waals surface area contributed by atoms with Crippen molar-refractivity contribution in [3.05, 3.63) is 64.3 Å². The third-order valence-corrected chi connectivity index (χ3v) is 7.11. The Morgan fingerprint density at radius 2 is 1.77 bits per heavy atom. The molecule has 1 aliphatic rings. The molecule has 0 spiro atoms. The van der Waals surface area contributed by atoms with Crippen LogP contribution >= 0.6 is 11.3 Å². The van der Waals surface area contributed by atoms with Crippen LogP contribution in [-0.4, -0.2) is 79.7 Å². The van der Waals surface area contributed by atoms with Gasteiger partial charge >= 0.3 is 0 Å². The first kappa shape index (κ1) is 24.8. The first-order valence-electron chi connectivity index (χ1n) is 11.4. The molecule has 4 rings (SSSR count). The van der Waals surface area contributed by atoms with E-state index >= 15 is 0 Å². The maximum absolute atomic E-state index is 13.6. The van der Waals surface area contributed by atoms with E-state index in [9.17, 15) is 18.8 Å². The lowest BCUT2D eigenvalue weighted by Crippen LogP contribution is -2.35. The van der Waals surface area contributed by atoms with Gasteiger partial charge in [0.2, 0.25) is 0 Å². The highest BCUT2D eigenvalue weighted by molar-refractivity contribution is 7.17. The summed E-state index contributed by atoms with van der Waals surface area (Å²) in [5, 5.41) is 2.23. The number of fused-ring (bicyclic) bond motifs is 1. The van der Waals surface area contributed by atoms with E-state index in [0.717, 1.165) is 23.2 Å². The summed E-state index contributed by atoms with van der Waals surface area (Å²) in [6, 6.07) is 9.91. The van der Waals surface area contributed by atoms with E-state index in [0.29, 0.717) is 48.4 Å².